The van der Waals surface area contributed by atoms with Crippen molar-refractivity contribution in [3.8, 4) is 0 Å². The van der Waals surface area contributed by atoms with Crippen LogP contribution in [0.5, 0.6) is 0 Å². The third-order valence-electron chi connectivity index (χ3n) is 3.31. The van der Waals surface area contributed by atoms with Crippen LogP contribution < -0.4 is 10.6 Å². The van der Waals surface area contributed by atoms with Crippen LogP contribution in [0.25, 0.3) is 0 Å². The summed E-state index contributed by atoms with van der Waals surface area (Å²) in [6, 6.07) is 3.65. The van der Waals surface area contributed by atoms with E-state index in [4.69, 9.17) is 0 Å². The molecule has 0 bridgehead atoms. The van der Waals surface area contributed by atoms with Gasteiger partial charge in [0.05, 0.1) is 0 Å². The number of unbranched alkanes of at least 4 members (excludes halogenated alkanes) is 2. The molecule has 0 aromatic carbocycles. The van der Waals surface area contributed by atoms with Gasteiger partial charge >= 0.3 is 0 Å². The van der Waals surface area contributed by atoms with E-state index < -0.39 is 0 Å². The van der Waals surface area contributed by atoms with Crippen molar-refractivity contribution < 1.29 is 4.79 Å². The van der Waals surface area contributed by atoms with Crippen molar-refractivity contribution in [2.24, 2.45) is 7.05 Å². The van der Waals surface area contributed by atoms with Crippen LogP contribution in [0.3, 0.4) is 0 Å². The second-order valence-corrected chi connectivity index (χ2v) is 5.15. The summed E-state index contributed by atoms with van der Waals surface area (Å²) in [6.45, 7) is 2.76. The first kappa shape index (κ1) is 15.9. The molecule has 118 valence electrons. The van der Waals surface area contributed by atoms with Crippen LogP contribution in [-0.2, 0) is 11.8 Å². The smallest absolute Gasteiger partial charge is 0.225 e. The summed E-state index contributed by atoms with van der Waals surface area (Å²) < 4.78 is 1.74. The van der Waals surface area contributed by atoms with Gasteiger partial charge in [0.15, 0.2) is 5.82 Å². The molecule has 2 N–H and O–H groups in total. The first-order valence-corrected chi connectivity index (χ1v) is 7.46. The van der Waals surface area contributed by atoms with E-state index in [1.807, 2.05) is 20.0 Å². The molecule has 7 nitrogen and oxygen atoms in total. The number of nitrogens with one attached hydrogen (secondary N) is 2. The fraction of sp³-hybridized carbons (Fsp3) is 0.467. The minimum atomic E-state index is 0.0115. The van der Waals surface area contributed by atoms with E-state index in [-0.39, 0.29) is 5.91 Å². The Labute approximate surface area is 130 Å². The van der Waals surface area contributed by atoms with Crippen LogP contribution in [-0.4, -0.2) is 32.2 Å². The number of amides is 1. The zero-order valence-corrected chi connectivity index (χ0v) is 13.0. The van der Waals surface area contributed by atoms with Gasteiger partial charge in [0.2, 0.25) is 11.9 Å². The van der Waals surface area contributed by atoms with E-state index in [1.165, 1.54) is 0 Å². The Bertz CT molecular complexity index is 576. The van der Waals surface area contributed by atoms with E-state index in [0.29, 0.717) is 18.2 Å². The summed E-state index contributed by atoms with van der Waals surface area (Å²) in [6.07, 6.45) is 6.74. The van der Waals surface area contributed by atoms with Crippen LogP contribution in [0, 0.1) is 6.92 Å². The van der Waals surface area contributed by atoms with Crippen molar-refractivity contribution in [2.45, 2.75) is 32.6 Å². The van der Waals surface area contributed by atoms with Gasteiger partial charge in [-0.1, -0.05) is 6.42 Å². The average Bonchev–Trinajstić information content (AvgIpc) is 2.82. The Kier molecular flexibility index (Phi) is 5.88. The lowest BCUT2D eigenvalue weighted by Gasteiger charge is -2.04. The number of hydrogen-bond donors (Lipinski definition) is 2. The molecule has 0 saturated carbocycles. The summed E-state index contributed by atoms with van der Waals surface area (Å²) in [7, 11) is 1.86. The Hall–Kier alpha value is -2.44. The predicted octanol–water partition coefficient (Wildman–Crippen LogP) is 2.13. The number of anilines is 2. The third-order valence-corrected chi connectivity index (χ3v) is 3.31. The molecule has 0 atom stereocenters. The summed E-state index contributed by atoms with van der Waals surface area (Å²) >= 11 is 0. The molecule has 2 aromatic heterocycles. The van der Waals surface area contributed by atoms with E-state index in [0.717, 1.165) is 31.5 Å². The van der Waals surface area contributed by atoms with Gasteiger partial charge in [-0.3, -0.25) is 9.48 Å². The molecule has 2 aromatic rings. The molecule has 22 heavy (non-hydrogen) atoms. The van der Waals surface area contributed by atoms with Crippen LogP contribution in [0.1, 0.15) is 31.4 Å². The summed E-state index contributed by atoms with van der Waals surface area (Å²) in [5, 5.41) is 10.2. The predicted molar refractivity (Wildman–Crippen MR) is 85.6 cm³/mol. The standard InChI is InChI=1S/C15H22N6O/c1-12-11-13(20-21(12)2)19-14(22)7-4-3-5-8-16-15-17-9-6-10-18-15/h6,9-11H,3-5,7-8H2,1-2H3,(H,16,17,18)(H,19,20,22). The highest BCUT2D eigenvalue weighted by Gasteiger charge is 2.06. The third kappa shape index (κ3) is 5.16. The fourth-order valence-electron chi connectivity index (χ4n) is 2.00. The highest BCUT2D eigenvalue weighted by molar-refractivity contribution is 5.89. The largest absolute Gasteiger partial charge is 0.354 e. The van der Waals surface area contributed by atoms with Crippen molar-refractivity contribution in [3.05, 3.63) is 30.2 Å². The van der Waals surface area contributed by atoms with E-state index >= 15 is 0 Å². The molecule has 2 rings (SSSR count). The van der Waals surface area contributed by atoms with Crippen molar-refractivity contribution in [3.63, 3.8) is 0 Å². The molecule has 0 spiro atoms. The minimum absolute atomic E-state index is 0.0115. The van der Waals surface area contributed by atoms with Gasteiger partial charge in [-0.05, 0) is 25.8 Å². The van der Waals surface area contributed by atoms with Gasteiger partial charge in [-0.2, -0.15) is 5.10 Å². The Morgan fingerprint density at radius 1 is 1.23 bits per heavy atom. The van der Waals surface area contributed by atoms with Gasteiger partial charge in [0, 0.05) is 44.2 Å². The van der Waals surface area contributed by atoms with Crippen LogP contribution in [0.4, 0.5) is 11.8 Å². The SMILES string of the molecule is Cc1cc(NC(=O)CCCCCNc2ncccn2)nn1C. The summed E-state index contributed by atoms with van der Waals surface area (Å²) in [4.78, 5) is 20.0. The lowest BCUT2D eigenvalue weighted by Crippen LogP contribution is -2.12. The number of aromatic nitrogens is 4. The first-order valence-electron chi connectivity index (χ1n) is 7.46. The molecular weight excluding hydrogens is 280 g/mol. The van der Waals surface area contributed by atoms with Gasteiger partial charge in [0.1, 0.15) is 0 Å². The first-order chi connectivity index (χ1) is 10.6. The van der Waals surface area contributed by atoms with Gasteiger partial charge in [-0.15, -0.1) is 0 Å². The number of carbonyl (C=O) groups is 1. The quantitative estimate of drug-likeness (QED) is 0.730. The van der Waals surface area contributed by atoms with E-state index in [1.54, 1.807) is 23.1 Å². The van der Waals surface area contributed by atoms with Crippen molar-refractivity contribution in [2.75, 3.05) is 17.2 Å². The zero-order valence-electron chi connectivity index (χ0n) is 13.0. The molecule has 0 fully saturated rings. The number of rotatable bonds is 8. The summed E-state index contributed by atoms with van der Waals surface area (Å²) in [5.41, 5.74) is 1.02. The molecule has 1 amide bonds. The fourth-order valence-corrected chi connectivity index (χ4v) is 2.00. The van der Waals surface area contributed by atoms with E-state index in [2.05, 4.69) is 25.7 Å². The topological polar surface area (TPSA) is 84.7 Å². The molecule has 0 saturated heterocycles. The molecule has 0 aliphatic rings. The minimum Gasteiger partial charge on any atom is -0.354 e. The number of hydrogen-bond acceptors (Lipinski definition) is 5. The normalized spacial score (nSPS) is 10.5. The van der Waals surface area contributed by atoms with Crippen molar-refractivity contribution in [1.82, 2.24) is 19.7 Å². The molecular formula is C15H22N6O. The maximum absolute atomic E-state index is 11.8. The molecule has 0 unspecified atom stereocenters. The maximum Gasteiger partial charge on any atom is 0.225 e. The zero-order chi connectivity index (χ0) is 15.8. The average molecular weight is 302 g/mol. The summed E-state index contributed by atoms with van der Waals surface area (Å²) in [5.74, 6) is 1.27. The second kappa shape index (κ2) is 8.11. The van der Waals surface area contributed by atoms with Gasteiger partial charge in [-0.25, -0.2) is 9.97 Å². The number of aryl methyl sites for hydroxylation is 2. The lowest BCUT2D eigenvalue weighted by molar-refractivity contribution is -0.116. The molecule has 0 aliphatic heterocycles. The van der Waals surface area contributed by atoms with Crippen LogP contribution in [0.15, 0.2) is 24.5 Å². The van der Waals surface area contributed by atoms with E-state index in [9.17, 15) is 4.79 Å². The van der Waals surface area contributed by atoms with Gasteiger partial charge in [0.25, 0.3) is 0 Å². The Morgan fingerprint density at radius 3 is 2.68 bits per heavy atom. The highest BCUT2D eigenvalue weighted by atomic mass is 16.1. The second-order valence-electron chi connectivity index (χ2n) is 5.15. The molecule has 0 radical (unpaired) electrons. The maximum atomic E-state index is 11.8. The van der Waals surface area contributed by atoms with Gasteiger partial charge < -0.3 is 10.6 Å². The number of carbonyl (C=O) groups excluding carboxylic acids is 1. The van der Waals surface area contributed by atoms with Crippen LogP contribution >= 0.6 is 0 Å². The highest BCUT2D eigenvalue weighted by Crippen LogP contribution is 2.08. The Balaban J connectivity index is 1.55. The molecule has 7 heteroatoms. The number of nitrogens with zero attached hydrogens (tertiary/aromatic N) is 4. The molecule has 2 heterocycles. The van der Waals surface area contributed by atoms with Crippen molar-refractivity contribution >= 4 is 17.7 Å². The monoisotopic (exact) mass is 302 g/mol. The van der Waals surface area contributed by atoms with Crippen molar-refractivity contribution in [1.29, 1.82) is 0 Å². The lowest BCUT2D eigenvalue weighted by atomic mass is 10.2. The van der Waals surface area contributed by atoms with Crippen LogP contribution in [0.2, 0.25) is 0 Å². The molecule has 0 aliphatic carbocycles. The Morgan fingerprint density at radius 2 is 2.00 bits per heavy atom.